The predicted octanol–water partition coefficient (Wildman–Crippen LogP) is 5.19. The summed E-state index contributed by atoms with van der Waals surface area (Å²) in [5.41, 5.74) is 2.45. The maximum absolute atomic E-state index is 13.0. The van der Waals surface area contributed by atoms with Crippen molar-refractivity contribution in [1.29, 1.82) is 0 Å². The lowest BCUT2D eigenvalue weighted by atomic mass is 9.80. The van der Waals surface area contributed by atoms with Crippen molar-refractivity contribution in [2.75, 3.05) is 12.0 Å². The summed E-state index contributed by atoms with van der Waals surface area (Å²) in [5.74, 6) is 0.487. The Kier molecular flexibility index (Phi) is 6.08. The van der Waals surface area contributed by atoms with Crippen molar-refractivity contribution in [2.45, 2.75) is 12.0 Å². The van der Waals surface area contributed by atoms with E-state index < -0.39 is 0 Å². The lowest BCUT2D eigenvalue weighted by Crippen LogP contribution is -2.58. The monoisotopic (exact) mass is 409 g/mol. The van der Waals surface area contributed by atoms with Gasteiger partial charge in [0, 0.05) is 11.3 Å². The Bertz CT molecular complexity index is 1100. The number of carbonyl (C=O) groups is 2. The van der Waals surface area contributed by atoms with E-state index in [1.807, 2.05) is 84.9 Å². The first-order valence-electron chi connectivity index (χ1n) is 10.2. The van der Waals surface area contributed by atoms with E-state index in [-0.39, 0.29) is 23.7 Å². The fourth-order valence-corrected chi connectivity index (χ4v) is 3.77. The van der Waals surface area contributed by atoms with Gasteiger partial charge in [-0.05, 0) is 35.9 Å². The summed E-state index contributed by atoms with van der Waals surface area (Å²) < 4.78 is 5.22. The van der Waals surface area contributed by atoms with Crippen LogP contribution in [0.4, 0.5) is 5.69 Å². The Morgan fingerprint density at radius 2 is 1.52 bits per heavy atom. The highest BCUT2D eigenvalue weighted by Crippen LogP contribution is 2.40. The average Bonchev–Trinajstić information content (AvgIpc) is 2.82. The minimum absolute atomic E-state index is 0.0513. The van der Waals surface area contributed by atoms with Gasteiger partial charge < -0.3 is 9.64 Å². The van der Waals surface area contributed by atoms with E-state index in [0.717, 1.165) is 17.0 Å². The zero-order valence-electron chi connectivity index (χ0n) is 17.2. The fraction of sp³-hybridized carbons (Fsp3) is 0.111. The number of allylic oxidation sites excluding steroid dienone is 3. The van der Waals surface area contributed by atoms with Gasteiger partial charge in [0.2, 0.25) is 5.91 Å². The van der Waals surface area contributed by atoms with Gasteiger partial charge in [0.25, 0.3) is 0 Å². The van der Waals surface area contributed by atoms with Crippen molar-refractivity contribution in [3.05, 3.63) is 120 Å². The van der Waals surface area contributed by atoms with Crippen molar-refractivity contribution in [1.82, 2.24) is 0 Å². The van der Waals surface area contributed by atoms with Crippen LogP contribution in [0.15, 0.2) is 109 Å². The van der Waals surface area contributed by atoms with Gasteiger partial charge in [0.15, 0.2) is 5.78 Å². The molecule has 0 unspecified atom stereocenters. The van der Waals surface area contributed by atoms with Gasteiger partial charge in [0.1, 0.15) is 5.75 Å². The molecule has 0 bridgehead atoms. The van der Waals surface area contributed by atoms with Crippen LogP contribution in [-0.4, -0.2) is 24.8 Å². The molecule has 0 spiro atoms. The second-order valence-corrected chi connectivity index (χ2v) is 7.26. The summed E-state index contributed by atoms with van der Waals surface area (Å²) in [5, 5.41) is 0. The Hall–Kier alpha value is -3.92. The Balaban J connectivity index is 1.56. The van der Waals surface area contributed by atoms with Crippen molar-refractivity contribution in [3.8, 4) is 5.75 Å². The number of ketones is 1. The van der Waals surface area contributed by atoms with E-state index in [2.05, 4.69) is 0 Å². The lowest BCUT2D eigenvalue weighted by molar-refractivity contribution is -0.125. The third-order valence-electron chi connectivity index (χ3n) is 5.38. The van der Waals surface area contributed by atoms with Crippen LogP contribution in [0.1, 0.15) is 21.8 Å². The standard InChI is InChI=1S/C27H23NO3/c1-31-23-18-16-22(17-19-23)28-24(26(27(28)30)21-12-6-3-7-13-21)14-8-9-15-25(29)20-10-4-2-5-11-20/h2-19,24,26H,1H3/b14-8+,15-9+/t24-,26-/m1/s1. The number of nitrogens with zero attached hydrogens (tertiary/aromatic N) is 1. The molecule has 1 heterocycles. The number of benzene rings is 3. The molecule has 0 radical (unpaired) electrons. The van der Waals surface area contributed by atoms with Gasteiger partial charge in [0.05, 0.1) is 19.1 Å². The first kappa shape index (κ1) is 20.4. The summed E-state index contributed by atoms with van der Waals surface area (Å²) in [6, 6.07) is 26.2. The number of hydrogen-bond donors (Lipinski definition) is 0. The molecule has 3 aromatic rings. The molecule has 154 valence electrons. The molecule has 1 aliphatic heterocycles. The van der Waals surface area contributed by atoms with E-state index in [9.17, 15) is 9.59 Å². The third-order valence-corrected chi connectivity index (χ3v) is 5.38. The molecule has 31 heavy (non-hydrogen) atoms. The summed E-state index contributed by atoms with van der Waals surface area (Å²) in [7, 11) is 1.61. The largest absolute Gasteiger partial charge is 0.497 e. The highest BCUT2D eigenvalue weighted by atomic mass is 16.5. The predicted molar refractivity (Wildman–Crippen MR) is 123 cm³/mol. The molecular weight excluding hydrogens is 386 g/mol. The van der Waals surface area contributed by atoms with Crippen LogP contribution in [0.5, 0.6) is 5.75 Å². The number of rotatable bonds is 7. The van der Waals surface area contributed by atoms with Crippen LogP contribution in [0.25, 0.3) is 0 Å². The Morgan fingerprint density at radius 1 is 0.871 bits per heavy atom. The van der Waals surface area contributed by atoms with E-state index in [0.29, 0.717) is 5.56 Å². The average molecular weight is 409 g/mol. The molecule has 0 aromatic heterocycles. The van der Waals surface area contributed by atoms with Gasteiger partial charge >= 0.3 is 0 Å². The zero-order valence-corrected chi connectivity index (χ0v) is 17.2. The Morgan fingerprint density at radius 3 is 2.16 bits per heavy atom. The molecule has 0 N–H and O–H groups in total. The first-order valence-corrected chi connectivity index (χ1v) is 10.2. The van der Waals surface area contributed by atoms with Gasteiger partial charge in [-0.15, -0.1) is 0 Å². The van der Waals surface area contributed by atoms with Gasteiger partial charge in [-0.2, -0.15) is 0 Å². The highest BCUT2D eigenvalue weighted by Gasteiger charge is 2.47. The molecule has 3 aromatic carbocycles. The molecule has 1 aliphatic rings. The Labute approximate surface area is 182 Å². The summed E-state index contributed by atoms with van der Waals surface area (Å²) in [6.45, 7) is 0. The number of methoxy groups -OCH3 is 1. The van der Waals surface area contributed by atoms with Crippen molar-refractivity contribution >= 4 is 17.4 Å². The zero-order chi connectivity index (χ0) is 21.6. The number of amides is 1. The molecular formula is C27H23NO3. The summed E-state index contributed by atoms with van der Waals surface area (Å²) in [6.07, 6.45) is 7.08. The van der Waals surface area contributed by atoms with Crippen LogP contribution in [0.2, 0.25) is 0 Å². The van der Waals surface area contributed by atoms with Gasteiger partial charge in [-0.25, -0.2) is 0 Å². The van der Waals surface area contributed by atoms with Crippen molar-refractivity contribution in [2.24, 2.45) is 0 Å². The number of ether oxygens (including phenoxy) is 1. The second kappa shape index (κ2) is 9.26. The van der Waals surface area contributed by atoms with Crippen LogP contribution < -0.4 is 9.64 Å². The summed E-state index contributed by atoms with van der Waals surface area (Å²) >= 11 is 0. The normalized spacial score (nSPS) is 18.4. The first-order chi connectivity index (χ1) is 15.2. The third kappa shape index (κ3) is 4.33. The molecule has 0 aliphatic carbocycles. The second-order valence-electron chi connectivity index (χ2n) is 7.26. The topological polar surface area (TPSA) is 46.6 Å². The molecule has 0 saturated carbocycles. The molecule has 1 fully saturated rings. The number of anilines is 1. The van der Waals surface area contributed by atoms with Crippen LogP contribution in [-0.2, 0) is 4.79 Å². The van der Waals surface area contributed by atoms with Crippen LogP contribution in [0, 0.1) is 0 Å². The van der Waals surface area contributed by atoms with Crippen molar-refractivity contribution < 1.29 is 14.3 Å². The van der Waals surface area contributed by atoms with Gasteiger partial charge in [-0.1, -0.05) is 78.9 Å². The molecule has 4 nitrogen and oxygen atoms in total. The maximum Gasteiger partial charge on any atom is 0.237 e. The molecule has 1 saturated heterocycles. The smallest absolute Gasteiger partial charge is 0.237 e. The molecule has 4 heteroatoms. The maximum atomic E-state index is 13.0. The minimum atomic E-state index is -0.252. The van der Waals surface area contributed by atoms with Gasteiger partial charge in [-0.3, -0.25) is 9.59 Å². The minimum Gasteiger partial charge on any atom is -0.497 e. The number of β-lactam (4-membered cyclic amide) rings is 1. The quantitative estimate of drug-likeness (QED) is 0.234. The fourth-order valence-electron chi connectivity index (χ4n) is 3.77. The SMILES string of the molecule is COc1ccc(N2C(=O)[C@H](c3ccccc3)[C@H]2/C=C/C=C/C(=O)c2ccccc2)cc1. The molecule has 4 rings (SSSR count). The van der Waals surface area contributed by atoms with Crippen LogP contribution in [0.3, 0.4) is 0 Å². The molecule has 2 atom stereocenters. The van der Waals surface area contributed by atoms with E-state index in [1.165, 1.54) is 0 Å². The highest BCUT2D eigenvalue weighted by molar-refractivity contribution is 6.07. The van der Waals surface area contributed by atoms with Crippen molar-refractivity contribution in [3.63, 3.8) is 0 Å². The van der Waals surface area contributed by atoms with Crippen LogP contribution >= 0.6 is 0 Å². The van der Waals surface area contributed by atoms with E-state index in [1.54, 1.807) is 36.3 Å². The lowest BCUT2D eigenvalue weighted by Gasteiger charge is -2.46. The van der Waals surface area contributed by atoms with E-state index in [4.69, 9.17) is 4.74 Å². The molecule has 1 amide bonds. The summed E-state index contributed by atoms with van der Waals surface area (Å²) in [4.78, 5) is 27.1. The number of carbonyl (C=O) groups excluding carboxylic acids is 2. The number of hydrogen-bond acceptors (Lipinski definition) is 3. The van der Waals surface area contributed by atoms with E-state index >= 15 is 0 Å².